The van der Waals surface area contributed by atoms with E-state index in [0.29, 0.717) is 12.3 Å². The molecule has 23 heavy (non-hydrogen) atoms. The van der Waals surface area contributed by atoms with E-state index in [0.717, 1.165) is 12.8 Å². The summed E-state index contributed by atoms with van der Waals surface area (Å²) >= 11 is 0. The van der Waals surface area contributed by atoms with E-state index in [4.69, 9.17) is 9.84 Å². The topological polar surface area (TPSA) is 78.9 Å². The second kappa shape index (κ2) is 7.97. The Bertz CT molecular complexity index is 529. The van der Waals surface area contributed by atoms with E-state index >= 15 is 0 Å². The lowest BCUT2D eigenvalue weighted by Crippen LogP contribution is -2.56. The molecule has 6 heteroatoms. The Morgan fingerprint density at radius 3 is 2.57 bits per heavy atom. The Hall–Kier alpha value is -2.08. The smallest absolute Gasteiger partial charge is 0.317 e. The van der Waals surface area contributed by atoms with Crippen molar-refractivity contribution in [3.63, 3.8) is 0 Å². The van der Waals surface area contributed by atoms with Crippen LogP contribution in [-0.4, -0.2) is 53.2 Å². The van der Waals surface area contributed by atoms with Crippen molar-refractivity contribution in [2.45, 2.75) is 44.9 Å². The van der Waals surface area contributed by atoms with Crippen LogP contribution in [0.5, 0.6) is 5.75 Å². The monoisotopic (exact) mass is 320 g/mol. The number of carbonyl (C=O) groups is 2. The molecule has 126 valence electrons. The van der Waals surface area contributed by atoms with Gasteiger partial charge in [0.15, 0.2) is 6.10 Å². The number of hydrogen-bond acceptors (Lipinski definition) is 4. The van der Waals surface area contributed by atoms with Crippen LogP contribution in [0, 0.1) is 0 Å². The highest BCUT2D eigenvalue weighted by molar-refractivity contribution is 5.81. The van der Waals surface area contributed by atoms with Gasteiger partial charge >= 0.3 is 5.97 Å². The molecule has 1 unspecified atom stereocenters. The fourth-order valence-corrected chi connectivity index (χ4v) is 2.75. The molecule has 0 bridgehead atoms. The van der Waals surface area contributed by atoms with Gasteiger partial charge in [-0.2, -0.15) is 0 Å². The van der Waals surface area contributed by atoms with Crippen molar-refractivity contribution >= 4 is 11.9 Å². The number of amides is 1. The third kappa shape index (κ3) is 4.96. The lowest BCUT2D eigenvalue weighted by Gasteiger charge is -2.42. The summed E-state index contributed by atoms with van der Waals surface area (Å²) in [7, 11) is 0. The van der Waals surface area contributed by atoms with E-state index in [1.54, 1.807) is 6.92 Å². The average molecular weight is 320 g/mol. The van der Waals surface area contributed by atoms with Gasteiger partial charge in [-0.3, -0.25) is 14.5 Å². The SMILES string of the molecule is CCN(CC(=O)O)C1CC(NC(=O)C(C)Oc2ccccc2)C1. The fraction of sp³-hybridized carbons (Fsp3) is 0.529. The van der Waals surface area contributed by atoms with Crippen LogP contribution in [0.25, 0.3) is 0 Å². The second-order valence-electron chi connectivity index (χ2n) is 5.86. The summed E-state index contributed by atoms with van der Waals surface area (Å²) in [4.78, 5) is 24.9. The molecule has 0 heterocycles. The van der Waals surface area contributed by atoms with Gasteiger partial charge in [0, 0.05) is 12.1 Å². The molecule has 1 saturated carbocycles. The second-order valence-corrected chi connectivity index (χ2v) is 5.86. The molecule has 0 aliphatic heterocycles. The lowest BCUT2D eigenvalue weighted by molar-refractivity contribution is -0.140. The van der Waals surface area contributed by atoms with E-state index in [-0.39, 0.29) is 24.5 Å². The number of aliphatic carboxylic acids is 1. The number of rotatable bonds is 8. The van der Waals surface area contributed by atoms with Crippen molar-refractivity contribution in [1.82, 2.24) is 10.2 Å². The number of ether oxygens (including phenoxy) is 1. The molecule has 1 amide bonds. The minimum atomic E-state index is -0.816. The third-order valence-corrected chi connectivity index (χ3v) is 4.15. The number of nitrogens with one attached hydrogen (secondary N) is 1. The predicted molar refractivity (Wildman–Crippen MR) is 86.4 cm³/mol. The lowest BCUT2D eigenvalue weighted by atomic mass is 9.85. The number of para-hydroxylation sites is 1. The van der Waals surface area contributed by atoms with Crippen LogP contribution in [-0.2, 0) is 9.59 Å². The van der Waals surface area contributed by atoms with E-state index in [1.165, 1.54) is 0 Å². The number of hydrogen-bond donors (Lipinski definition) is 2. The molecule has 0 aromatic heterocycles. The number of benzene rings is 1. The van der Waals surface area contributed by atoms with Crippen LogP contribution in [0.2, 0.25) is 0 Å². The first-order chi connectivity index (χ1) is 11.0. The quantitative estimate of drug-likeness (QED) is 0.759. The first-order valence-corrected chi connectivity index (χ1v) is 7.97. The number of nitrogens with zero attached hydrogens (tertiary/aromatic N) is 1. The summed E-state index contributed by atoms with van der Waals surface area (Å²) in [6.07, 6.45) is 1.01. The number of carboxylic acids is 1. The summed E-state index contributed by atoms with van der Waals surface area (Å²) in [5.41, 5.74) is 0. The summed E-state index contributed by atoms with van der Waals surface area (Å²) in [5.74, 6) is -0.289. The Kier molecular flexibility index (Phi) is 5.98. The van der Waals surface area contributed by atoms with Crippen LogP contribution in [0.15, 0.2) is 30.3 Å². The highest BCUT2D eigenvalue weighted by atomic mass is 16.5. The summed E-state index contributed by atoms with van der Waals surface area (Å²) in [6.45, 7) is 4.42. The Morgan fingerprint density at radius 1 is 1.35 bits per heavy atom. The normalized spacial score (nSPS) is 21.3. The first kappa shape index (κ1) is 17.3. The van der Waals surface area contributed by atoms with E-state index < -0.39 is 12.1 Å². The predicted octanol–water partition coefficient (Wildman–Crippen LogP) is 1.51. The van der Waals surface area contributed by atoms with Gasteiger partial charge in [0.25, 0.3) is 5.91 Å². The maximum Gasteiger partial charge on any atom is 0.317 e. The van der Waals surface area contributed by atoms with Crippen molar-refractivity contribution in [2.75, 3.05) is 13.1 Å². The van der Waals surface area contributed by atoms with Gasteiger partial charge in [-0.15, -0.1) is 0 Å². The zero-order valence-corrected chi connectivity index (χ0v) is 13.6. The van der Waals surface area contributed by atoms with E-state index in [1.807, 2.05) is 42.2 Å². The molecule has 1 fully saturated rings. The van der Waals surface area contributed by atoms with Crippen molar-refractivity contribution in [3.05, 3.63) is 30.3 Å². The maximum absolute atomic E-state index is 12.1. The van der Waals surface area contributed by atoms with E-state index in [9.17, 15) is 9.59 Å². The van der Waals surface area contributed by atoms with Crippen LogP contribution < -0.4 is 10.1 Å². The average Bonchev–Trinajstić information content (AvgIpc) is 2.49. The molecule has 1 aromatic rings. The van der Waals surface area contributed by atoms with Gasteiger partial charge in [-0.25, -0.2) is 0 Å². The molecule has 2 N–H and O–H groups in total. The standard InChI is InChI=1S/C17H24N2O4/c1-3-19(11-16(20)21)14-9-13(10-14)18-17(22)12(2)23-15-7-5-4-6-8-15/h4-8,12-14H,3,9-11H2,1-2H3,(H,18,22)(H,20,21). The van der Waals surface area contributed by atoms with Crippen LogP contribution in [0.3, 0.4) is 0 Å². The van der Waals surface area contributed by atoms with Crippen molar-refractivity contribution < 1.29 is 19.4 Å². The third-order valence-electron chi connectivity index (χ3n) is 4.15. The van der Waals surface area contributed by atoms with Crippen LogP contribution in [0.1, 0.15) is 26.7 Å². The van der Waals surface area contributed by atoms with Gasteiger partial charge in [0.2, 0.25) is 0 Å². The first-order valence-electron chi connectivity index (χ1n) is 7.97. The summed E-state index contributed by atoms with van der Waals surface area (Å²) < 4.78 is 5.59. The van der Waals surface area contributed by atoms with Gasteiger partial charge in [-0.1, -0.05) is 25.1 Å². The summed E-state index contributed by atoms with van der Waals surface area (Å²) in [6, 6.07) is 9.56. The van der Waals surface area contributed by atoms with Crippen molar-refractivity contribution in [1.29, 1.82) is 0 Å². The van der Waals surface area contributed by atoms with Gasteiger partial charge < -0.3 is 15.2 Å². The zero-order valence-electron chi connectivity index (χ0n) is 13.6. The van der Waals surface area contributed by atoms with Gasteiger partial charge in [0.1, 0.15) is 5.75 Å². The molecular formula is C17H24N2O4. The molecular weight excluding hydrogens is 296 g/mol. The molecule has 0 spiro atoms. The zero-order chi connectivity index (χ0) is 16.8. The van der Waals surface area contributed by atoms with Crippen molar-refractivity contribution in [3.8, 4) is 5.75 Å². The van der Waals surface area contributed by atoms with Crippen LogP contribution >= 0.6 is 0 Å². The molecule has 2 rings (SSSR count). The molecule has 1 atom stereocenters. The highest BCUT2D eigenvalue weighted by Crippen LogP contribution is 2.25. The largest absolute Gasteiger partial charge is 0.481 e. The molecule has 0 saturated heterocycles. The number of carboxylic acid groups (broad SMARTS) is 1. The summed E-state index contributed by atoms with van der Waals surface area (Å²) in [5, 5.41) is 11.8. The Labute approximate surface area is 136 Å². The minimum Gasteiger partial charge on any atom is -0.481 e. The molecule has 1 aromatic carbocycles. The van der Waals surface area contributed by atoms with Crippen molar-refractivity contribution in [2.24, 2.45) is 0 Å². The number of likely N-dealkylation sites (N-methyl/N-ethyl adjacent to an activating group) is 1. The Balaban J connectivity index is 1.74. The molecule has 0 radical (unpaired) electrons. The molecule has 1 aliphatic rings. The molecule has 6 nitrogen and oxygen atoms in total. The molecule has 1 aliphatic carbocycles. The number of carbonyl (C=O) groups excluding carboxylic acids is 1. The van der Waals surface area contributed by atoms with Gasteiger partial charge in [0.05, 0.1) is 6.54 Å². The van der Waals surface area contributed by atoms with E-state index in [2.05, 4.69) is 5.32 Å². The minimum absolute atomic E-state index is 0.0509. The Morgan fingerprint density at radius 2 is 2.00 bits per heavy atom. The highest BCUT2D eigenvalue weighted by Gasteiger charge is 2.35. The van der Waals surface area contributed by atoms with Gasteiger partial charge in [-0.05, 0) is 38.4 Å². The van der Waals surface area contributed by atoms with Crippen LogP contribution in [0.4, 0.5) is 0 Å². The fourth-order valence-electron chi connectivity index (χ4n) is 2.75. The maximum atomic E-state index is 12.1.